The number of nitrogens with zero attached hydrogens (tertiary/aromatic N) is 1. The van der Waals surface area contributed by atoms with Crippen LogP contribution in [0.1, 0.15) is 24.0 Å². The summed E-state index contributed by atoms with van der Waals surface area (Å²) in [5, 5.41) is 6.66. The zero-order valence-electron chi connectivity index (χ0n) is 16.9. The van der Waals surface area contributed by atoms with Gasteiger partial charge in [0.2, 0.25) is 17.6 Å². The third-order valence-electron chi connectivity index (χ3n) is 4.00. The highest BCUT2D eigenvalue weighted by atomic mass is 16.5. The van der Waals surface area contributed by atoms with E-state index in [0.29, 0.717) is 28.5 Å². The van der Waals surface area contributed by atoms with Crippen molar-refractivity contribution in [3.05, 3.63) is 47.5 Å². The molecule has 0 aliphatic carbocycles. The first-order chi connectivity index (χ1) is 14.0. The van der Waals surface area contributed by atoms with Gasteiger partial charge < -0.3 is 19.5 Å². The molecule has 0 bridgehead atoms. The van der Waals surface area contributed by atoms with Crippen molar-refractivity contribution >= 4 is 23.7 Å². The van der Waals surface area contributed by atoms with Gasteiger partial charge in [0.15, 0.2) is 11.5 Å². The SMILES string of the molecule is COc1cc(C=NNC(=O)CCC(=O)Nc2ccc(C)cc2)cc(OC)c1OC. The van der Waals surface area contributed by atoms with Gasteiger partial charge in [-0.1, -0.05) is 17.7 Å². The number of methoxy groups -OCH3 is 3. The van der Waals surface area contributed by atoms with Gasteiger partial charge in [-0.15, -0.1) is 0 Å². The van der Waals surface area contributed by atoms with Gasteiger partial charge in [0.25, 0.3) is 0 Å². The first-order valence-electron chi connectivity index (χ1n) is 8.95. The van der Waals surface area contributed by atoms with E-state index in [1.54, 1.807) is 12.1 Å². The number of rotatable bonds is 9. The minimum atomic E-state index is -0.368. The molecule has 8 heteroatoms. The molecule has 2 aromatic carbocycles. The number of amides is 2. The Morgan fingerprint density at radius 1 is 0.931 bits per heavy atom. The van der Waals surface area contributed by atoms with E-state index in [1.165, 1.54) is 27.5 Å². The summed E-state index contributed by atoms with van der Waals surface area (Å²) in [4.78, 5) is 23.8. The minimum Gasteiger partial charge on any atom is -0.493 e. The highest BCUT2D eigenvalue weighted by Crippen LogP contribution is 2.37. The van der Waals surface area contributed by atoms with Crippen LogP contribution in [0.5, 0.6) is 17.2 Å². The molecule has 2 aromatic rings. The zero-order valence-corrected chi connectivity index (χ0v) is 16.9. The number of aryl methyl sites for hydroxylation is 1. The number of anilines is 1. The molecule has 8 nitrogen and oxygen atoms in total. The molecule has 0 unspecified atom stereocenters. The van der Waals surface area contributed by atoms with Gasteiger partial charge >= 0.3 is 0 Å². The number of hydrazone groups is 1. The van der Waals surface area contributed by atoms with Crippen LogP contribution in [0.4, 0.5) is 5.69 Å². The molecular weight excluding hydrogens is 374 g/mol. The second-order valence-electron chi connectivity index (χ2n) is 6.17. The van der Waals surface area contributed by atoms with Crippen molar-refractivity contribution in [1.82, 2.24) is 5.43 Å². The zero-order chi connectivity index (χ0) is 21.2. The van der Waals surface area contributed by atoms with Crippen molar-refractivity contribution in [3.8, 4) is 17.2 Å². The third kappa shape index (κ3) is 6.53. The molecule has 0 aliphatic rings. The molecule has 0 spiro atoms. The molecule has 2 amide bonds. The standard InChI is InChI=1S/C21H25N3O5/c1-14-5-7-16(8-6-14)23-19(25)9-10-20(26)24-22-13-15-11-17(27-2)21(29-4)18(12-15)28-3/h5-8,11-13H,9-10H2,1-4H3,(H,23,25)(H,24,26). The van der Waals surface area contributed by atoms with Crippen LogP contribution in [0.2, 0.25) is 0 Å². The summed E-state index contributed by atoms with van der Waals surface area (Å²) in [6.07, 6.45) is 1.53. The maximum Gasteiger partial charge on any atom is 0.240 e. The van der Waals surface area contributed by atoms with Crippen molar-refractivity contribution in [3.63, 3.8) is 0 Å². The summed E-state index contributed by atoms with van der Waals surface area (Å²) in [5.41, 5.74) is 4.85. The molecule has 29 heavy (non-hydrogen) atoms. The van der Waals surface area contributed by atoms with Gasteiger partial charge in [0, 0.05) is 24.1 Å². The maximum absolute atomic E-state index is 11.9. The fourth-order valence-electron chi connectivity index (χ4n) is 2.50. The maximum atomic E-state index is 11.9. The molecule has 0 aromatic heterocycles. The van der Waals surface area contributed by atoms with Crippen molar-refractivity contribution < 1.29 is 23.8 Å². The third-order valence-corrected chi connectivity index (χ3v) is 4.00. The summed E-state index contributed by atoms with van der Waals surface area (Å²) >= 11 is 0. The lowest BCUT2D eigenvalue weighted by molar-refractivity contribution is -0.124. The van der Waals surface area contributed by atoms with Gasteiger partial charge in [-0.25, -0.2) is 5.43 Å². The predicted molar refractivity (Wildman–Crippen MR) is 111 cm³/mol. The van der Waals surface area contributed by atoms with Crippen LogP contribution in [-0.4, -0.2) is 39.4 Å². The largest absolute Gasteiger partial charge is 0.493 e. The highest BCUT2D eigenvalue weighted by Gasteiger charge is 2.12. The summed E-state index contributed by atoms with van der Waals surface area (Å²) in [5.74, 6) is 0.820. The van der Waals surface area contributed by atoms with E-state index < -0.39 is 0 Å². The average molecular weight is 399 g/mol. The molecule has 2 N–H and O–H groups in total. The van der Waals surface area contributed by atoms with E-state index in [0.717, 1.165) is 5.56 Å². The lowest BCUT2D eigenvalue weighted by Crippen LogP contribution is -2.20. The Morgan fingerprint density at radius 2 is 1.52 bits per heavy atom. The molecule has 0 aliphatic heterocycles. The number of ether oxygens (including phenoxy) is 3. The molecular formula is C21H25N3O5. The number of nitrogens with one attached hydrogen (secondary N) is 2. The van der Waals surface area contributed by atoms with Crippen molar-refractivity contribution in [2.75, 3.05) is 26.6 Å². The summed E-state index contributed by atoms with van der Waals surface area (Å²) in [7, 11) is 4.55. The van der Waals surface area contributed by atoms with Crippen LogP contribution >= 0.6 is 0 Å². The highest BCUT2D eigenvalue weighted by molar-refractivity contribution is 5.93. The van der Waals surface area contributed by atoms with E-state index in [2.05, 4.69) is 15.8 Å². The van der Waals surface area contributed by atoms with Crippen molar-refractivity contribution in [2.45, 2.75) is 19.8 Å². The van der Waals surface area contributed by atoms with E-state index in [4.69, 9.17) is 14.2 Å². The summed E-state index contributed by atoms with van der Waals surface area (Å²) in [6.45, 7) is 1.97. The molecule has 0 atom stereocenters. The fourth-order valence-corrected chi connectivity index (χ4v) is 2.50. The number of carbonyl (C=O) groups excluding carboxylic acids is 2. The lowest BCUT2D eigenvalue weighted by Gasteiger charge is -2.12. The fraction of sp³-hybridized carbons (Fsp3) is 0.286. The van der Waals surface area contributed by atoms with Gasteiger partial charge in [-0.3, -0.25) is 9.59 Å². The first kappa shape index (κ1) is 21.7. The van der Waals surface area contributed by atoms with Gasteiger partial charge in [0.1, 0.15) is 0 Å². The van der Waals surface area contributed by atoms with Crippen LogP contribution in [0.15, 0.2) is 41.5 Å². The molecule has 0 fully saturated rings. The Hall–Kier alpha value is -3.55. The van der Waals surface area contributed by atoms with Crippen LogP contribution in [-0.2, 0) is 9.59 Å². The van der Waals surface area contributed by atoms with Crippen molar-refractivity contribution in [1.29, 1.82) is 0 Å². The summed E-state index contributed by atoms with van der Waals surface area (Å²) in [6, 6.07) is 10.8. The number of benzene rings is 2. The Kier molecular flexibility index (Phi) is 8.02. The second kappa shape index (κ2) is 10.7. The average Bonchev–Trinajstić information content (AvgIpc) is 2.73. The molecule has 0 radical (unpaired) electrons. The number of hydrogen-bond donors (Lipinski definition) is 2. The van der Waals surface area contributed by atoms with E-state index in [-0.39, 0.29) is 24.7 Å². The van der Waals surface area contributed by atoms with Crippen LogP contribution < -0.4 is 25.0 Å². The Bertz CT molecular complexity index is 853. The van der Waals surface area contributed by atoms with Crippen LogP contribution in [0, 0.1) is 6.92 Å². The predicted octanol–water partition coefficient (Wildman–Crippen LogP) is 2.89. The molecule has 154 valence electrons. The minimum absolute atomic E-state index is 0.0181. The number of carbonyl (C=O) groups is 2. The van der Waals surface area contributed by atoms with E-state index in [9.17, 15) is 9.59 Å². The van der Waals surface area contributed by atoms with Crippen LogP contribution in [0.25, 0.3) is 0 Å². The monoisotopic (exact) mass is 399 g/mol. The topological polar surface area (TPSA) is 98.2 Å². The van der Waals surface area contributed by atoms with E-state index >= 15 is 0 Å². The quantitative estimate of drug-likeness (QED) is 0.499. The Morgan fingerprint density at radius 3 is 2.07 bits per heavy atom. The van der Waals surface area contributed by atoms with E-state index in [1.807, 2.05) is 31.2 Å². The Labute approximate surface area is 169 Å². The molecule has 2 rings (SSSR count). The molecule has 0 saturated carbocycles. The number of hydrogen-bond acceptors (Lipinski definition) is 6. The van der Waals surface area contributed by atoms with Gasteiger partial charge in [-0.2, -0.15) is 5.10 Å². The van der Waals surface area contributed by atoms with Crippen molar-refractivity contribution in [2.24, 2.45) is 5.10 Å². The summed E-state index contributed by atoms with van der Waals surface area (Å²) < 4.78 is 15.8. The smallest absolute Gasteiger partial charge is 0.240 e. The van der Waals surface area contributed by atoms with Crippen LogP contribution in [0.3, 0.4) is 0 Å². The van der Waals surface area contributed by atoms with Gasteiger partial charge in [-0.05, 0) is 31.2 Å². The molecule has 0 saturated heterocycles. The first-order valence-corrected chi connectivity index (χ1v) is 8.95. The Balaban J connectivity index is 1.86. The normalized spacial score (nSPS) is 10.5. The second-order valence-corrected chi connectivity index (χ2v) is 6.17. The van der Waals surface area contributed by atoms with Gasteiger partial charge in [0.05, 0.1) is 27.5 Å². The lowest BCUT2D eigenvalue weighted by atomic mass is 10.2. The molecule has 0 heterocycles.